The van der Waals surface area contributed by atoms with Crippen molar-refractivity contribution in [2.45, 2.75) is 25.0 Å². The van der Waals surface area contributed by atoms with Crippen molar-refractivity contribution < 1.29 is 4.74 Å². The van der Waals surface area contributed by atoms with Gasteiger partial charge in [-0.3, -0.25) is 0 Å². The van der Waals surface area contributed by atoms with Gasteiger partial charge in [-0.15, -0.1) is 12.4 Å². The van der Waals surface area contributed by atoms with Gasteiger partial charge in [0, 0.05) is 12.6 Å². The normalized spacial score (nSPS) is 40.0. The standard InChI is InChI=1S/C6H11NO.ClH/c1-3-7-5-2-4-8-6(1)5;/h5-7H,1-4H2;1H/t5-,6-;/m1./s1. The van der Waals surface area contributed by atoms with Crippen molar-refractivity contribution in [3.8, 4) is 0 Å². The van der Waals surface area contributed by atoms with Crippen molar-refractivity contribution in [2.24, 2.45) is 0 Å². The first-order chi connectivity index (χ1) is 3.97. The van der Waals surface area contributed by atoms with Crippen LogP contribution < -0.4 is 5.32 Å². The fourth-order valence-corrected chi connectivity index (χ4v) is 1.58. The summed E-state index contributed by atoms with van der Waals surface area (Å²) in [6, 6.07) is 0.704. The zero-order valence-corrected chi connectivity index (χ0v) is 6.12. The van der Waals surface area contributed by atoms with Crippen LogP contribution in [0, 0.1) is 0 Å². The van der Waals surface area contributed by atoms with E-state index in [4.69, 9.17) is 4.74 Å². The van der Waals surface area contributed by atoms with Crippen LogP contribution in [0.2, 0.25) is 0 Å². The smallest absolute Gasteiger partial charge is 0.0740 e. The van der Waals surface area contributed by atoms with E-state index in [0.717, 1.165) is 13.2 Å². The monoisotopic (exact) mass is 149 g/mol. The summed E-state index contributed by atoms with van der Waals surface area (Å²) in [6.07, 6.45) is 3.02. The van der Waals surface area contributed by atoms with E-state index < -0.39 is 0 Å². The van der Waals surface area contributed by atoms with Crippen LogP contribution in [0.1, 0.15) is 12.8 Å². The Bertz CT molecular complexity index is 79.1. The highest BCUT2D eigenvalue weighted by atomic mass is 35.5. The largest absolute Gasteiger partial charge is 0.376 e. The van der Waals surface area contributed by atoms with E-state index in [2.05, 4.69) is 5.32 Å². The third-order valence-corrected chi connectivity index (χ3v) is 2.04. The Labute approximate surface area is 61.4 Å². The van der Waals surface area contributed by atoms with Crippen molar-refractivity contribution in [3.63, 3.8) is 0 Å². The minimum Gasteiger partial charge on any atom is -0.376 e. The first-order valence-corrected chi connectivity index (χ1v) is 3.32. The molecule has 0 aliphatic carbocycles. The summed E-state index contributed by atoms with van der Waals surface area (Å²) in [5, 5.41) is 3.39. The quantitative estimate of drug-likeness (QED) is 0.544. The summed E-state index contributed by atoms with van der Waals surface area (Å²) < 4.78 is 5.41. The van der Waals surface area contributed by atoms with Gasteiger partial charge in [-0.05, 0) is 19.4 Å². The number of nitrogens with one attached hydrogen (secondary N) is 1. The Balaban J connectivity index is 0.000000405. The van der Waals surface area contributed by atoms with Crippen LogP contribution in [-0.4, -0.2) is 25.3 Å². The topological polar surface area (TPSA) is 21.3 Å². The van der Waals surface area contributed by atoms with Crippen molar-refractivity contribution in [1.82, 2.24) is 5.32 Å². The predicted octanol–water partition coefficient (Wildman–Crippen LogP) is 0.559. The van der Waals surface area contributed by atoms with Gasteiger partial charge >= 0.3 is 0 Å². The molecular formula is C6H12ClNO. The summed E-state index contributed by atoms with van der Waals surface area (Å²) in [7, 11) is 0. The number of hydrogen-bond donors (Lipinski definition) is 1. The van der Waals surface area contributed by atoms with Crippen molar-refractivity contribution in [3.05, 3.63) is 0 Å². The van der Waals surface area contributed by atoms with Gasteiger partial charge in [-0.1, -0.05) is 0 Å². The van der Waals surface area contributed by atoms with Gasteiger partial charge in [0.25, 0.3) is 0 Å². The lowest BCUT2D eigenvalue weighted by atomic mass is 10.2. The molecule has 2 aliphatic rings. The zero-order valence-electron chi connectivity index (χ0n) is 5.30. The summed E-state index contributed by atoms with van der Waals surface area (Å²) in [5.74, 6) is 0. The molecule has 0 aromatic heterocycles. The predicted molar refractivity (Wildman–Crippen MR) is 38.0 cm³/mol. The van der Waals surface area contributed by atoms with Crippen LogP contribution in [-0.2, 0) is 4.74 Å². The number of rotatable bonds is 0. The average Bonchev–Trinajstić information content (AvgIpc) is 2.15. The Kier molecular flexibility index (Phi) is 2.33. The summed E-state index contributed by atoms with van der Waals surface area (Å²) in [5.41, 5.74) is 0. The highest BCUT2D eigenvalue weighted by Crippen LogP contribution is 2.20. The fraction of sp³-hybridized carbons (Fsp3) is 1.00. The Morgan fingerprint density at radius 1 is 1.33 bits per heavy atom. The second-order valence-electron chi connectivity index (χ2n) is 2.55. The SMILES string of the molecule is C1C[C@H]2OCC[C@H]2N1.Cl. The molecule has 54 valence electrons. The molecule has 2 fully saturated rings. The van der Waals surface area contributed by atoms with E-state index in [9.17, 15) is 0 Å². The number of hydrogen-bond acceptors (Lipinski definition) is 2. The highest BCUT2D eigenvalue weighted by Gasteiger charge is 2.31. The van der Waals surface area contributed by atoms with E-state index in [-0.39, 0.29) is 12.4 Å². The van der Waals surface area contributed by atoms with Crippen molar-refractivity contribution >= 4 is 12.4 Å². The third-order valence-electron chi connectivity index (χ3n) is 2.04. The molecule has 0 amide bonds. The lowest BCUT2D eigenvalue weighted by molar-refractivity contribution is 0.112. The zero-order chi connectivity index (χ0) is 5.40. The molecule has 2 rings (SSSR count). The van der Waals surface area contributed by atoms with Crippen LogP contribution in [0.4, 0.5) is 0 Å². The van der Waals surface area contributed by atoms with E-state index in [1.54, 1.807) is 0 Å². The fourth-order valence-electron chi connectivity index (χ4n) is 1.58. The van der Waals surface area contributed by atoms with E-state index in [1.165, 1.54) is 12.8 Å². The van der Waals surface area contributed by atoms with E-state index in [0.29, 0.717) is 12.1 Å². The molecule has 2 saturated heterocycles. The van der Waals surface area contributed by atoms with Gasteiger partial charge < -0.3 is 10.1 Å². The first kappa shape index (κ1) is 7.32. The van der Waals surface area contributed by atoms with Crippen LogP contribution in [0.25, 0.3) is 0 Å². The molecule has 1 N–H and O–H groups in total. The Morgan fingerprint density at radius 2 is 2.22 bits per heavy atom. The summed E-state index contributed by atoms with van der Waals surface area (Å²) in [6.45, 7) is 2.14. The van der Waals surface area contributed by atoms with Crippen LogP contribution >= 0.6 is 12.4 Å². The molecule has 0 spiro atoms. The Morgan fingerprint density at radius 3 is 3.00 bits per heavy atom. The molecule has 2 atom stereocenters. The molecular weight excluding hydrogens is 138 g/mol. The number of fused-ring (bicyclic) bond motifs is 1. The van der Waals surface area contributed by atoms with Crippen molar-refractivity contribution in [2.75, 3.05) is 13.2 Å². The van der Waals surface area contributed by atoms with Gasteiger partial charge in [-0.2, -0.15) is 0 Å². The molecule has 0 radical (unpaired) electrons. The van der Waals surface area contributed by atoms with Gasteiger partial charge in [0.15, 0.2) is 0 Å². The maximum absolute atomic E-state index is 5.41. The lowest BCUT2D eigenvalue weighted by Gasteiger charge is -2.04. The molecule has 3 heteroatoms. The Hall–Kier alpha value is 0.210. The number of ether oxygens (including phenoxy) is 1. The highest BCUT2D eigenvalue weighted by molar-refractivity contribution is 5.85. The molecule has 0 bridgehead atoms. The number of halogens is 1. The van der Waals surface area contributed by atoms with Gasteiger partial charge in [0.05, 0.1) is 6.10 Å². The van der Waals surface area contributed by atoms with Crippen molar-refractivity contribution in [1.29, 1.82) is 0 Å². The minimum atomic E-state index is 0. The van der Waals surface area contributed by atoms with Crippen LogP contribution in [0.15, 0.2) is 0 Å². The first-order valence-electron chi connectivity index (χ1n) is 3.32. The van der Waals surface area contributed by atoms with Gasteiger partial charge in [0.1, 0.15) is 0 Å². The molecule has 9 heavy (non-hydrogen) atoms. The lowest BCUT2D eigenvalue weighted by Crippen LogP contribution is -2.24. The molecule has 2 aliphatic heterocycles. The molecule has 2 heterocycles. The van der Waals surface area contributed by atoms with E-state index >= 15 is 0 Å². The molecule has 2 nitrogen and oxygen atoms in total. The summed E-state index contributed by atoms with van der Waals surface area (Å²) in [4.78, 5) is 0. The molecule has 0 unspecified atom stereocenters. The molecule has 0 aromatic carbocycles. The van der Waals surface area contributed by atoms with Gasteiger partial charge in [0.2, 0.25) is 0 Å². The van der Waals surface area contributed by atoms with E-state index in [1.807, 2.05) is 0 Å². The third kappa shape index (κ3) is 1.20. The average molecular weight is 150 g/mol. The summed E-state index contributed by atoms with van der Waals surface area (Å²) >= 11 is 0. The van der Waals surface area contributed by atoms with Gasteiger partial charge in [-0.25, -0.2) is 0 Å². The minimum absolute atomic E-state index is 0. The van der Waals surface area contributed by atoms with Crippen LogP contribution in [0.5, 0.6) is 0 Å². The maximum atomic E-state index is 5.41. The second-order valence-corrected chi connectivity index (χ2v) is 2.55. The molecule has 0 saturated carbocycles. The maximum Gasteiger partial charge on any atom is 0.0740 e. The molecule has 0 aromatic rings. The van der Waals surface area contributed by atoms with Crippen LogP contribution in [0.3, 0.4) is 0 Å². The second kappa shape index (κ2) is 2.86.